The maximum absolute atomic E-state index is 10.6. The second-order valence-corrected chi connectivity index (χ2v) is 4.59. The van der Waals surface area contributed by atoms with E-state index in [0.717, 1.165) is 5.69 Å². The number of nitro benzene ring substituents is 1. The molecular weight excluding hydrogens is 296 g/mol. The van der Waals surface area contributed by atoms with Crippen LogP contribution in [0.3, 0.4) is 0 Å². The van der Waals surface area contributed by atoms with Gasteiger partial charge in [-0.1, -0.05) is 18.2 Å². The highest BCUT2D eigenvalue weighted by molar-refractivity contribution is 5.56. The highest BCUT2D eigenvalue weighted by Crippen LogP contribution is 2.24. The van der Waals surface area contributed by atoms with Crippen molar-refractivity contribution >= 4 is 17.2 Å². The van der Waals surface area contributed by atoms with Crippen molar-refractivity contribution in [1.82, 2.24) is 9.97 Å². The lowest BCUT2D eigenvalue weighted by atomic mass is 10.3. The van der Waals surface area contributed by atoms with Crippen LogP contribution in [0.2, 0.25) is 0 Å². The first-order chi connectivity index (χ1) is 11.2. The van der Waals surface area contributed by atoms with E-state index in [4.69, 9.17) is 4.74 Å². The Morgan fingerprint density at radius 3 is 2.43 bits per heavy atom. The van der Waals surface area contributed by atoms with Crippen LogP contribution in [0.5, 0.6) is 11.6 Å². The predicted molar refractivity (Wildman–Crippen MR) is 84.9 cm³/mol. The molecule has 3 rings (SSSR count). The number of ether oxygens (including phenoxy) is 1. The number of non-ortho nitro benzene ring substituents is 1. The molecule has 1 aromatic heterocycles. The summed E-state index contributed by atoms with van der Waals surface area (Å²) in [6, 6.07) is 17.0. The number of hydrogen-bond acceptors (Lipinski definition) is 6. The summed E-state index contributed by atoms with van der Waals surface area (Å²) in [5.41, 5.74) is 0.902. The standard InChI is InChI=1S/C16H12N4O3/c21-20(22)13-6-8-14(9-7-13)23-16-10-15(17-11-18-16)19-12-4-2-1-3-5-12/h1-11H,(H,17,18,19). The van der Waals surface area contributed by atoms with Gasteiger partial charge in [0, 0.05) is 23.9 Å². The lowest BCUT2D eigenvalue weighted by molar-refractivity contribution is -0.384. The van der Waals surface area contributed by atoms with E-state index in [0.29, 0.717) is 17.4 Å². The minimum atomic E-state index is -0.462. The first-order valence-electron chi connectivity index (χ1n) is 6.77. The Bertz CT molecular complexity index is 807. The van der Waals surface area contributed by atoms with Crippen LogP contribution < -0.4 is 10.1 Å². The summed E-state index contributed by atoms with van der Waals surface area (Å²) in [5, 5.41) is 13.8. The normalized spacial score (nSPS) is 10.1. The first kappa shape index (κ1) is 14.5. The van der Waals surface area contributed by atoms with E-state index in [9.17, 15) is 10.1 Å². The van der Waals surface area contributed by atoms with Crippen LogP contribution in [0.25, 0.3) is 0 Å². The van der Waals surface area contributed by atoms with Gasteiger partial charge in [-0.25, -0.2) is 9.97 Å². The summed E-state index contributed by atoms with van der Waals surface area (Å²) in [7, 11) is 0. The second kappa shape index (κ2) is 6.52. The molecule has 0 amide bonds. The summed E-state index contributed by atoms with van der Waals surface area (Å²) < 4.78 is 5.58. The predicted octanol–water partition coefficient (Wildman–Crippen LogP) is 3.92. The largest absolute Gasteiger partial charge is 0.439 e. The molecule has 1 N–H and O–H groups in total. The van der Waals surface area contributed by atoms with Gasteiger partial charge in [-0.3, -0.25) is 10.1 Å². The van der Waals surface area contributed by atoms with Gasteiger partial charge in [-0.15, -0.1) is 0 Å². The third kappa shape index (κ3) is 3.79. The quantitative estimate of drug-likeness (QED) is 0.567. The number of anilines is 2. The maximum atomic E-state index is 10.6. The summed E-state index contributed by atoms with van der Waals surface area (Å²) in [5.74, 6) is 1.38. The zero-order chi connectivity index (χ0) is 16.1. The molecule has 0 unspecified atom stereocenters. The van der Waals surface area contributed by atoms with E-state index < -0.39 is 4.92 Å². The van der Waals surface area contributed by atoms with Gasteiger partial charge in [-0.2, -0.15) is 0 Å². The molecule has 0 radical (unpaired) electrons. The summed E-state index contributed by atoms with van der Waals surface area (Å²) in [6.45, 7) is 0. The van der Waals surface area contributed by atoms with Crippen molar-refractivity contribution in [3.05, 3.63) is 77.1 Å². The fraction of sp³-hybridized carbons (Fsp3) is 0. The van der Waals surface area contributed by atoms with Gasteiger partial charge in [-0.05, 0) is 24.3 Å². The molecule has 0 saturated heterocycles. The Labute approximate surface area is 131 Å². The molecule has 0 aliphatic heterocycles. The van der Waals surface area contributed by atoms with Crippen LogP contribution in [0.15, 0.2) is 67.0 Å². The number of nitrogens with one attached hydrogen (secondary N) is 1. The first-order valence-corrected chi connectivity index (χ1v) is 6.77. The molecule has 7 nitrogen and oxygen atoms in total. The molecule has 2 aromatic carbocycles. The highest BCUT2D eigenvalue weighted by atomic mass is 16.6. The van der Waals surface area contributed by atoms with Gasteiger partial charge in [0.2, 0.25) is 5.88 Å². The molecule has 23 heavy (non-hydrogen) atoms. The summed E-state index contributed by atoms with van der Waals surface area (Å²) >= 11 is 0. The van der Waals surface area contributed by atoms with E-state index in [1.165, 1.54) is 30.6 Å². The molecule has 0 saturated carbocycles. The molecule has 0 aliphatic carbocycles. The topological polar surface area (TPSA) is 90.2 Å². The number of hydrogen-bond donors (Lipinski definition) is 1. The molecule has 7 heteroatoms. The second-order valence-electron chi connectivity index (χ2n) is 4.59. The Kier molecular flexibility index (Phi) is 4.10. The summed E-state index contributed by atoms with van der Waals surface area (Å²) in [6.07, 6.45) is 1.38. The summed E-state index contributed by atoms with van der Waals surface area (Å²) in [4.78, 5) is 18.3. The van der Waals surface area contributed by atoms with Gasteiger partial charge < -0.3 is 10.1 Å². The van der Waals surface area contributed by atoms with Gasteiger partial charge in [0.15, 0.2) is 0 Å². The lowest BCUT2D eigenvalue weighted by Crippen LogP contribution is -1.96. The molecule has 3 aromatic rings. The molecule has 1 heterocycles. The van der Waals surface area contributed by atoms with Crippen LogP contribution in [-0.4, -0.2) is 14.9 Å². The number of benzene rings is 2. The maximum Gasteiger partial charge on any atom is 0.269 e. The minimum absolute atomic E-state index is 0.00599. The van der Waals surface area contributed by atoms with E-state index in [1.54, 1.807) is 6.07 Å². The van der Waals surface area contributed by atoms with Crippen molar-refractivity contribution < 1.29 is 9.66 Å². The lowest BCUT2D eigenvalue weighted by Gasteiger charge is -2.07. The number of para-hydroxylation sites is 1. The number of aromatic nitrogens is 2. The molecule has 0 spiro atoms. The van der Waals surface area contributed by atoms with Crippen molar-refractivity contribution in [3.63, 3.8) is 0 Å². The Balaban J connectivity index is 1.73. The van der Waals surface area contributed by atoms with E-state index >= 15 is 0 Å². The molecule has 0 bridgehead atoms. The van der Waals surface area contributed by atoms with Crippen molar-refractivity contribution in [1.29, 1.82) is 0 Å². The fourth-order valence-corrected chi connectivity index (χ4v) is 1.89. The van der Waals surface area contributed by atoms with Gasteiger partial charge >= 0.3 is 0 Å². The molecular formula is C16H12N4O3. The van der Waals surface area contributed by atoms with E-state index in [2.05, 4.69) is 15.3 Å². The van der Waals surface area contributed by atoms with Crippen molar-refractivity contribution in [2.24, 2.45) is 0 Å². The van der Waals surface area contributed by atoms with Crippen molar-refractivity contribution in [2.45, 2.75) is 0 Å². The smallest absolute Gasteiger partial charge is 0.269 e. The molecule has 0 aliphatic rings. The third-order valence-corrected chi connectivity index (χ3v) is 2.96. The molecule has 114 valence electrons. The van der Waals surface area contributed by atoms with Gasteiger partial charge in [0.05, 0.1) is 4.92 Å². The number of rotatable bonds is 5. The fourth-order valence-electron chi connectivity index (χ4n) is 1.89. The van der Waals surface area contributed by atoms with Crippen molar-refractivity contribution in [2.75, 3.05) is 5.32 Å². The van der Waals surface area contributed by atoms with Crippen LogP contribution in [0.1, 0.15) is 0 Å². The Morgan fingerprint density at radius 1 is 1.00 bits per heavy atom. The highest BCUT2D eigenvalue weighted by Gasteiger charge is 2.06. The average molecular weight is 308 g/mol. The molecule has 0 atom stereocenters. The monoisotopic (exact) mass is 308 g/mol. The Hall–Kier alpha value is -3.48. The molecule has 0 fully saturated rings. The SMILES string of the molecule is O=[N+]([O-])c1ccc(Oc2cc(Nc3ccccc3)ncn2)cc1. The zero-order valence-corrected chi connectivity index (χ0v) is 11.9. The van der Waals surface area contributed by atoms with Gasteiger partial charge in [0.1, 0.15) is 17.9 Å². The van der Waals surface area contributed by atoms with Gasteiger partial charge in [0.25, 0.3) is 5.69 Å². The van der Waals surface area contributed by atoms with Crippen LogP contribution in [0.4, 0.5) is 17.2 Å². The third-order valence-electron chi connectivity index (χ3n) is 2.96. The Morgan fingerprint density at radius 2 is 1.74 bits per heavy atom. The number of nitrogens with zero attached hydrogens (tertiary/aromatic N) is 3. The minimum Gasteiger partial charge on any atom is -0.439 e. The van der Waals surface area contributed by atoms with E-state index in [-0.39, 0.29) is 5.69 Å². The number of nitro groups is 1. The van der Waals surface area contributed by atoms with Crippen molar-refractivity contribution in [3.8, 4) is 11.6 Å². The van der Waals surface area contributed by atoms with Crippen LogP contribution in [-0.2, 0) is 0 Å². The van der Waals surface area contributed by atoms with E-state index in [1.807, 2.05) is 30.3 Å². The van der Waals surface area contributed by atoms with Crippen LogP contribution >= 0.6 is 0 Å². The average Bonchev–Trinajstić information content (AvgIpc) is 2.57. The zero-order valence-electron chi connectivity index (χ0n) is 11.9. The van der Waals surface area contributed by atoms with Crippen LogP contribution in [0, 0.1) is 10.1 Å².